The zero-order valence-electron chi connectivity index (χ0n) is 14.8. The molecule has 0 radical (unpaired) electrons. The van der Waals surface area contributed by atoms with Gasteiger partial charge in [0.25, 0.3) is 5.91 Å². The van der Waals surface area contributed by atoms with Crippen molar-refractivity contribution in [1.29, 1.82) is 0 Å². The van der Waals surface area contributed by atoms with Crippen molar-refractivity contribution in [3.63, 3.8) is 0 Å². The number of carbonyl (C=O) groups excluding carboxylic acids is 1. The Balaban J connectivity index is 1.46. The maximum Gasteiger partial charge on any atom is 0.292 e. The lowest BCUT2D eigenvalue weighted by Gasteiger charge is -2.51. The van der Waals surface area contributed by atoms with E-state index in [0.29, 0.717) is 25.5 Å². The first-order chi connectivity index (χ1) is 12.2. The van der Waals surface area contributed by atoms with Crippen molar-refractivity contribution in [3.8, 4) is 0 Å². The van der Waals surface area contributed by atoms with E-state index in [2.05, 4.69) is 22.0 Å². The minimum atomic E-state index is -0.0639. The Bertz CT molecular complexity index is 608. The summed E-state index contributed by atoms with van der Waals surface area (Å²) >= 11 is 0. The van der Waals surface area contributed by atoms with Crippen molar-refractivity contribution in [2.24, 2.45) is 0 Å². The van der Waals surface area contributed by atoms with Gasteiger partial charge in [-0.2, -0.15) is 0 Å². The van der Waals surface area contributed by atoms with Crippen molar-refractivity contribution in [2.75, 3.05) is 71.1 Å². The molecule has 3 aliphatic rings. The van der Waals surface area contributed by atoms with E-state index in [4.69, 9.17) is 14.0 Å². The highest BCUT2D eigenvalue weighted by atomic mass is 16.5. The number of carbonyl (C=O) groups is 1. The van der Waals surface area contributed by atoms with Crippen LogP contribution in [0, 0.1) is 0 Å². The molecule has 4 heterocycles. The number of nitrogens with zero attached hydrogens (tertiary/aromatic N) is 4. The Hall–Kier alpha value is -1.64. The third kappa shape index (κ3) is 3.26. The van der Waals surface area contributed by atoms with Gasteiger partial charge in [-0.15, -0.1) is 0 Å². The molecule has 1 aromatic rings. The van der Waals surface area contributed by atoms with Crippen LogP contribution in [0.3, 0.4) is 0 Å². The fraction of sp³-hybridized carbons (Fsp3) is 0.765. The molecule has 3 fully saturated rings. The summed E-state index contributed by atoms with van der Waals surface area (Å²) in [6.45, 7) is 6.74. The van der Waals surface area contributed by atoms with Gasteiger partial charge in [0.05, 0.1) is 13.2 Å². The average Bonchev–Trinajstić information content (AvgIpc) is 3.15. The number of hydrogen-bond donors (Lipinski definition) is 0. The number of morpholine rings is 1. The SMILES string of the molecule is CN1CCN(C(=O)c2cc(N3CCOCC3)no2)CC12CCOCC2. The maximum atomic E-state index is 12.9. The summed E-state index contributed by atoms with van der Waals surface area (Å²) in [4.78, 5) is 19.3. The molecule has 8 heteroatoms. The molecule has 0 aromatic carbocycles. The van der Waals surface area contributed by atoms with Gasteiger partial charge in [0.15, 0.2) is 5.82 Å². The molecule has 0 saturated carbocycles. The van der Waals surface area contributed by atoms with Crippen molar-refractivity contribution < 1.29 is 18.8 Å². The minimum Gasteiger partial charge on any atom is -0.381 e. The zero-order chi connectivity index (χ0) is 17.3. The Kier molecular flexibility index (Phi) is 4.66. The van der Waals surface area contributed by atoms with Crippen LogP contribution < -0.4 is 4.90 Å². The quantitative estimate of drug-likeness (QED) is 0.767. The maximum absolute atomic E-state index is 12.9. The smallest absolute Gasteiger partial charge is 0.292 e. The topological polar surface area (TPSA) is 71.3 Å². The Labute approximate surface area is 147 Å². The number of amides is 1. The van der Waals surface area contributed by atoms with Gasteiger partial charge in [0.1, 0.15) is 0 Å². The molecule has 1 aromatic heterocycles. The largest absolute Gasteiger partial charge is 0.381 e. The van der Waals surface area contributed by atoms with Crippen LogP contribution in [0.1, 0.15) is 23.4 Å². The van der Waals surface area contributed by atoms with Gasteiger partial charge < -0.3 is 23.8 Å². The van der Waals surface area contributed by atoms with E-state index in [1.54, 1.807) is 6.07 Å². The first-order valence-electron chi connectivity index (χ1n) is 9.06. The van der Waals surface area contributed by atoms with Crippen molar-refractivity contribution in [1.82, 2.24) is 15.0 Å². The van der Waals surface area contributed by atoms with Gasteiger partial charge >= 0.3 is 0 Å². The van der Waals surface area contributed by atoms with Crippen LogP contribution in [0.25, 0.3) is 0 Å². The molecule has 0 aliphatic carbocycles. The van der Waals surface area contributed by atoms with Crippen LogP contribution >= 0.6 is 0 Å². The second kappa shape index (κ2) is 6.93. The van der Waals surface area contributed by atoms with Crippen LogP contribution in [0.5, 0.6) is 0 Å². The molecule has 8 nitrogen and oxygen atoms in total. The van der Waals surface area contributed by atoms with E-state index in [1.165, 1.54) is 0 Å². The summed E-state index contributed by atoms with van der Waals surface area (Å²) in [6.07, 6.45) is 1.92. The second-order valence-electron chi connectivity index (χ2n) is 7.13. The lowest BCUT2D eigenvalue weighted by Crippen LogP contribution is -2.63. The summed E-state index contributed by atoms with van der Waals surface area (Å²) in [5.74, 6) is 0.987. The van der Waals surface area contributed by atoms with E-state index in [1.807, 2.05) is 4.90 Å². The number of likely N-dealkylation sites (N-methyl/N-ethyl adjacent to an activating group) is 1. The molecule has 4 rings (SSSR count). The standard InChI is InChI=1S/C17H26N4O4/c1-19-4-5-21(13-17(19)2-8-23-9-3-17)16(22)14-12-15(18-25-14)20-6-10-24-11-7-20/h12H,2-11,13H2,1H3. The predicted molar refractivity (Wildman–Crippen MR) is 90.9 cm³/mol. The highest BCUT2D eigenvalue weighted by molar-refractivity contribution is 5.92. The van der Waals surface area contributed by atoms with Gasteiger partial charge in [-0.25, -0.2) is 0 Å². The first-order valence-corrected chi connectivity index (χ1v) is 9.06. The number of aromatic nitrogens is 1. The first kappa shape index (κ1) is 16.8. The molecule has 0 unspecified atom stereocenters. The van der Waals surface area contributed by atoms with Gasteiger partial charge in [0, 0.05) is 57.5 Å². The normalized spacial score (nSPS) is 24.7. The minimum absolute atomic E-state index is 0.0270. The van der Waals surface area contributed by atoms with Crippen LogP contribution in [-0.2, 0) is 9.47 Å². The monoisotopic (exact) mass is 350 g/mol. The number of rotatable bonds is 2. The van der Waals surface area contributed by atoms with Crippen LogP contribution in [0.15, 0.2) is 10.6 Å². The molecular formula is C17H26N4O4. The lowest BCUT2D eigenvalue weighted by molar-refractivity contribution is -0.0548. The van der Waals surface area contributed by atoms with Crippen molar-refractivity contribution >= 4 is 11.7 Å². The fourth-order valence-electron chi connectivity index (χ4n) is 3.99. The summed E-state index contributed by atoms with van der Waals surface area (Å²) < 4.78 is 16.2. The van der Waals surface area contributed by atoms with Gasteiger partial charge in [-0.05, 0) is 19.9 Å². The predicted octanol–water partition coefficient (Wildman–Crippen LogP) is 0.448. The number of anilines is 1. The van der Waals surface area contributed by atoms with Crippen molar-refractivity contribution in [2.45, 2.75) is 18.4 Å². The number of hydrogen-bond acceptors (Lipinski definition) is 7. The number of ether oxygens (including phenoxy) is 2. The Morgan fingerprint density at radius 1 is 1.08 bits per heavy atom. The lowest BCUT2D eigenvalue weighted by atomic mass is 9.86. The van der Waals surface area contributed by atoms with Crippen molar-refractivity contribution in [3.05, 3.63) is 11.8 Å². The summed E-state index contributed by atoms with van der Waals surface area (Å²) in [5, 5.41) is 4.09. The molecule has 1 spiro atoms. The molecule has 0 atom stereocenters. The third-order valence-electron chi connectivity index (χ3n) is 5.75. The van der Waals surface area contributed by atoms with E-state index in [9.17, 15) is 4.79 Å². The van der Waals surface area contributed by atoms with E-state index in [0.717, 1.165) is 58.1 Å². The molecule has 0 N–H and O–H groups in total. The van der Waals surface area contributed by atoms with Gasteiger partial charge in [-0.1, -0.05) is 5.16 Å². The zero-order valence-corrected chi connectivity index (χ0v) is 14.8. The molecule has 0 bridgehead atoms. The van der Waals surface area contributed by atoms with Crippen LogP contribution in [0.2, 0.25) is 0 Å². The molecular weight excluding hydrogens is 324 g/mol. The molecule has 3 saturated heterocycles. The van der Waals surface area contributed by atoms with Crippen LogP contribution in [0.4, 0.5) is 5.82 Å². The summed E-state index contributed by atoms with van der Waals surface area (Å²) in [5.41, 5.74) is 0.0270. The Morgan fingerprint density at radius 2 is 1.80 bits per heavy atom. The molecule has 3 aliphatic heterocycles. The van der Waals surface area contributed by atoms with E-state index < -0.39 is 0 Å². The molecule has 1 amide bonds. The second-order valence-corrected chi connectivity index (χ2v) is 7.13. The third-order valence-corrected chi connectivity index (χ3v) is 5.75. The van der Waals surface area contributed by atoms with E-state index in [-0.39, 0.29) is 11.4 Å². The van der Waals surface area contributed by atoms with Gasteiger partial charge in [-0.3, -0.25) is 9.69 Å². The molecule has 25 heavy (non-hydrogen) atoms. The Morgan fingerprint density at radius 3 is 2.56 bits per heavy atom. The average molecular weight is 350 g/mol. The highest BCUT2D eigenvalue weighted by Gasteiger charge is 2.42. The summed E-state index contributed by atoms with van der Waals surface area (Å²) in [7, 11) is 2.15. The highest BCUT2D eigenvalue weighted by Crippen LogP contribution is 2.31. The van der Waals surface area contributed by atoms with E-state index >= 15 is 0 Å². The number of piperazine rings is 1. The molecule has 138 valence electrons. The summed E-state index contributed by atoms with van der Waals surface area (Å²) in [6, 6.07) is 1.77. The fourth-order valence-corrected chi connectivity index (χ4v) is 3.99. The van der Waals surface area contributed by atoms with Crippen LogP contribution in [-0.4, -0.2) is 92.6 Å². The van der Waals surface area contributed by atoms with Gasteiger partial charge in [0.2, 0.25) is 5.76 Å².